The van der Waals surface area contributed by atoms with Crippen molar-refractivity contribution in [2.75, 3.05) is 19.7 Å². The summed E-state index contributed by atoms with van der Waals surface area (Å²) in [5.74, 6) is 3.09. The lowest BCUT2D eigenvalue weighted by Gasteiger charge is -2.31. The number of nitrogens with zero attached hydrogens (tertiary/aromatic N) is 2. The number of amides is 2. The van der Waals surface area contributed by atoms with Gasteiger partial charge in [0, 0.05) is 31.1 Å². The molecule has 0 aromatic heterocycles. The molecular weight excluding hydrogens is 447 g/mol. The number of amidine groups is 1. The van der Waals surface area contributed by atoms with Crippen LogP contribution in [0.5, 0.6) is 5.75 Å². The van der Waals surface area contributed by atoms with E-state index in [-0.39, 0.29) is 30.1 Å². The third-order valence-electron chi connectivity index (χ3n) is 7.70. The topological polar surface area (TPSA) is 83.0 Å². The van der Waals surface area contributed by atoms with E-state index in [2.05, 4.69) is 20.7 Å². The number of hydrogen-bond donors (Lipinski definition) is 2. The van der Waals surface area contributed by atoms with Crippen molar-refractivity contribution in [2.24, 2.45) is 28.8 Å². The van der Waals surface area contributed by atoms with Gasteiger partial charge >= 0.3 is 0 Å². The number of carbonyl (C=O) groups excluding carboxylic acids is 2. The fourth-order valence-electron chi connectivity index (χ4n) is 5.21. The van der Waals surface area contributed by atoms with E-state index in [0.717, 1.165) is 69.3 Å². The van der Waals surface area contributed by atoms with Gasteiger partial charge in [-0.2, -0.15) is 5.10 Å². The van der Waals surface area contributed by atoms with Gasteiger partial charge in [0.1, 0.15) is 17.4 Å². The largest absolute Gasteiger partial charge is 0.493 e. The van der Waals surface area contributed by atoms with E-state index >= 15 is 0 Å². The van der Waals surface area contributed by atoms with Crippen molar-refractivity contribution in [3.05, 3.63) is 29.6 Å². The summed E-state index contributed by atoms with van der Waals surface area (Å²) in [6.45, 7) is 6.48. The smallest absolute Gasteiger partial charge is 0.224 e. The molecule has 0 spiro atoms. The number of hydrazone groups is 1. The molecule has 1 aromatic carbocycles. The zero-order chi connectivity index (χ0) is 24.8. The number of ether oxygens (including phenoxy) is 1. The third-order valence-corrected chi connectivity index (χ3v) is 7.70. The van der Waals surface area contributed by atoms with E-state index in [0.29, 0.717) is 30.2 Å². The molecule has 1 aliphatic heterocycles. The molecule has 1 heterocycles. The Kier molecular flexibility index (Phi) is 8.63. The van der Waals surface area contributed by atoms with Gasteiger partial charge in [-0.05, 0) is 74.3 Å². The molecule has 7 nitrogen and oxygen atoms in total. The molecule has 0 bridgehead atoms. The second-order valence-corrected chi connectivity index (χ2v) is 10.6. The first-order valence-electron chi connectivity index (χ1n) is 13.2. The molecule has 3 aliphatic rings. The van der Waals surface area contributed by atoms with E-state index in [4.69, 9.17) is 4.74 Å². The summed E-state index contributed by atoms with van der Waals surface area (Å²) in [5.41, 5.74) is 0.412. The van der Waals surface area contributed by atoms with Crippen LogP contribution in [0.1, 0.15) is 64.4 Å². The maximum Gasteiger partial charge on any atom is 0.224 e. The standard InChI is InChI=1S/C27H39FN4O3/c1-18(2)27(29-17-33)31-32-11-8-19(9-12-32)24-14-20(24)10-13-35-23-7-6-21(25(28)16-23)15-26(34)30-22-4-3-5-22/h6-7,16-20,22,24H,3-5,8-15H2,1-2H3,(H,30,34)(H,29,31,33). The number of benzene rings is 1. The van der Waals surface area contributed by atoms with Gasteiger partial charge < -0.3 is 15.4 Å². The summed E-state index contributed by atoms with van der Waals surface area (Å²) >= 11 is 0. The summed E-state index contributed by atoms with van der Waals surface area (Å²) in [6, 6.07) is 5.10. The fourth-order valence-corrected chi connectivity index (χ4v) is 5.21. The molecule has 1 aromatic rings. The van der Waals surface area contributed by atoms with Gasteiger partial charge in [-0.15, -0.1) is 0 Å². The summed E-state index contributed by atoms with van der Waals surface area (Å²) in [6.07, 6.45) is 8.44. The first-order chi connectivity index (χ1) is 16.9. The van der Waals surface area contributed by atoms with Crippen molar-refractivity contribution in [2.45, 2.75) is 71.3 Å². The van der Waals surface area contributed by atoms with Gasteiger partial charge in [0.25, 0.3) is 0 Å². The Morgan fingerprint density at radius 3 is 2.66 bits per heavy atom. The van der Waals surface area contributed by atoms with E-state index in [1.54, 1.807) is 12.1 Å². The minimum Gasteiger partial charge on any atom is -0.493 e. The van der Waals surface area contributed by atoms with Crippen LogP contribution in [0, 0.1) is 29.5 Å². The third kappa shape index (κ3) is 7.18. The van der Waals surface area contributed by atoms with Gasteiger partial charge in [0.05, 0.1) is 13.0 Å². The van der Waals surface area contributed by atoms with Crippen molar-refractivity contribution < 1.29 is 18.7 Å². The van der Waals surface area contributed by atoms with Gasteiger partial charge in [0.2, 0.25) is 12.3 Å². The van der Waals surface area contributed by atoms with E-state index in [9.17, 15) is 14.0 Å². The van der Waals surface area contributed by atoms with Gasteiger partial charge in [-0.3, -0.25) is 14.6 Å². The Morgan fingerprint density at radius 2 is 2.03 bits per heavy atom. The lowest BCUT2D eigenvalue weighted by molar-refractivity contribution is -0.121. The van der Waals surface area contributed by atoms with Crippen LogP contribution in [-0.2, 0) is 16.0 Å². The minimum atomic E-state index is -0.381. The lowest BCUT2D eigenvalue weighted by Crippen LogP contribution is -2.40. The van der Waals surface area contributed by atoms with Crippen LogP contribution in [0.4, 0.5) is 4.39 Å². The van der Waals surface area contributed by atoms with Gasteiger partial charge in [-0.25, -0.2) is 4.39 Å². The Morgan fingerprint density at radius 1 is 1.26 bits per heavy atom. The molecular formula is C27H39FN4O3. The number of nitrogens with one attached hydrogen (secondary N) is 2. The Bertz CT molecular complexity index is 910. The van der Waals surface area contributed by atoms with Crippen LogP contribution < -0.4 is 15.4 Å². The van der Waals surface area contributed by atoms with Crippen molar-refractivity contribution in [1.29, 1.82) is 0 Å². The zero-order valence-corrected chi connectivity index (χ0v) is 21.0. The van der Waals surface area contributed by atoms with Crippen LogP contribution in [0.15, 0.2) is 23.3 Å². The van der Waals surface area contributed by atoms with Gasteiger partial charge in [-0.1, -0.05) is 19.9 Å². The SMILES string of the molecule is CC(C)/C(=N/N1CCC(C2CC2CCOc2ccc(CC(=O)NC3CCC3)c(F)c2)CC1)NC=O. The average Bonchev–Trinajstić information content (AvgIpc) is 3.58. The number of carbonyl (C=O) groups is 2. The van der Waals surface area contributed by atoms with Crippen molar-refractivity contribution in [3.63, 3.8) is 0 Å². The maximum atomic E-state index is 14.5. The summed E-state index contributed by atoms with van der Waals surface area (Å²) in [4.78, 5) is 22.8. The molecule has 8 heteroatoms. The van der Waals surface area contributed by atoms with Crippen molar-refractivity contribution >= 4 is 18.2 Å². The van der Waals surface area contributed by atoms with Gasteiger partial charge in [0.15, 0.2) is 0 Å². The first kappa shape index (κ1) is 25.5. The average molecular weight is 487 g/mol. The predicted molar refractivity (Wildman–Crippen MR) is 133 cm³/mol. The molecule has 2 amide bonds. The minimum absolute atomic E-state index is 0.0723. The highest BCUT2D eigenvalue weighted by atomic mass is 19.1. The fraction of sp³-hybridized carbons (Fsp3) is 0.667. The van der Waals surface area contributed by atoms with Crippen molar-refractivity contribution in [1.82, 2.24) is 15.6 Å². The van der Waals surface area contributed by atoms with Crippen LogP contribution in [0.2, 0.25) is 0 Å². The molecule has 2 N–H and O–H groups in total. The molecule has 2 unspecified atom stereocenters. The predicted octanol–water partition coefficient (Wildman–Crippen LogP) is 3.87. The maximum absolute atomic E-state index is 14.5. The van der Waals surface area contributed by atoms with E-state index in [1.807, 2.05) is 13.8 Å². The number of piperidine rings is 1. The molecule has 4 rings (SSSR count). The van der Waals surface area contributed by atoms with Crippen LogP contribution >= 0.6 is 0 Å². The highest BCUT2D eigenvalue weighted by Crippen LogP contribution is 2.49. The molecule has 3 fully saturated rings. The zero-order valence-electron chi connectivity index (χ0n) is 21.0. The highest BCUT2D eigenvalue weighted by Gasteiger charge is 2.43. The summed E-state index contributed by atoms with van der Waals surface area (Å²) in [5, 5.41) is 12.4. The molecule has 192 valence electrons. The molecule has 1 saturated heterocycles. The molecule has 35 heavy (non-hydrogen) atoms. The second kappa shape index (κ2) is 11.9. The molecule has 0 radical (unpaired) electrons. The quantitative estimate of drug-likeness (QED) is 0.283. The molecule has 2 aliphatic carbocycles. The van der Waals surface area contributed by atoms with E-state index in [1.165, 1.54) is 12.5 Å². The Balaban J connectivity index is 1.14. The summed E-state index contributed by atoms with van der Waals surface area (Å²) in [7, 11) is 0. The number of hydrogen-bond acceptors (Lipinski definition) is 5. The van der Waals surface area contributed by atoms with Crippen LogP contribution in [0.25, 0.3) is 0 Å². The normalized spacial score (nSPS) is 23.1. The highest BCUT2D eigenvalue weighted by molar-refractivity contribution is 5.91. The monoisotopic (exact) mass is 486 g/mol. The number of halogens is 1. The Hall–Kier alpha value is -2.64. The van der Waals surface area contributed by atoms with Crippen molar-refractivity contribution in [3.8, 4) is 5.75 Å². The van der Waals surface area contributed by atoms with E-state index < -0.39 is 0 Å². The second-order valence-electron chi connectivity index (χ2n) is 10.6. The Labute approximate surface area is 207 Å². The first-order valence-corrected chi connectivity index (χ1v) is 13.2. The number of rotatable bonds is 11. The molecule has 2 saturated carbocycles. The molecule has 2 atom stereocenters. The van der Waals surface area contributed by atoms with Crippen LogP contribution in [-0.4, -0.2) is 48.9 Å². The lowest BCUT2D eigenvalue weighted by atomic mass is 9.91. The van der Waals surface area contributed by atoms with Crippen LogP contribution in [0.3, 0.4) is 0 Å². The summed E-state index contributed by atoms with van der Waals surface area (Å²) < 4.78 is 20.3.